The zero-order valence-corrected chi connectivity index (χ0v) is 13.1. The Morgan fingerprint density at radius 2 is 2.00 bits per heavy atom. The van der Waals surface area contributed by atoms with Crippen molar-refractivity contribution in [1.82, 2.24) is 4.90 Å². The van der Waals surface area contributed by atoms with Gasteiger partial charge in [-0.05, 0) is 57.4 Å². The molecule has 1 aliphatic rings. The third kappa shape index (κ3) is 4.50. The lowest BCUT2D eigenvalue weighted by Gasteiger charge is -2.26. The van der Waals surface area contributed by atoms with Crippen LogP contribution in [-0.2, 0) is 11.3 Å². The van der Waals surface area contributed by atoms with E-state index < -0.39 is 0 Å². The van der Waals surface area contributed by atoms with Crippen molar-refractivity contribution in [3.8, 4) is 0 Å². The molecule has 1 aromatic carbocycles. The van der Waals surface area contributed by atoms with Gasteiger partial charge in [0.25, 0.3) is 0 Å². The van der Waals surface area contributed by atoms with Crippen molar-refractivity contribution in [2.75, 3.05) is 18.8 Å². The first-order valence-electron chi connectivity index (χ1n) is 7.73. The molecule has 20 heavy (non-hydrogen) atoms. The quantitative estimate of drug-likeness (QED) is 0.809. The number of hydrogen-bond donors (Lipinski definition) is 1. The van der Waals surface area contributed by atoms with Crippen LogP contribution in [0.4, 0.5) is 5.69 Å². The molecule has 3 nitrogen and oxygen atoms in total. The van der Waals surface area contributed by atoms with Gasteiger partial charge in [0.15, 0.2) is 0 Å². The minimum absolute atomic E-state index is 0.0593. The fourth-order valence-electron chi connectivity index (χ4n) is 2.93. The van der Waals surface area contributed by atoms with Crippen LogP contribution in [0.1, 0.15) is 45.6 Å². The van der Waals surface area contributed by atoms with Crippen LogP contribution < -0.4 is 5.73 Å². The first kappa shape index (κ1) is 15.3. The maximum Gasteiger partial charge on any atom is 0.0710 e. The Morgan fingerprint density at radius 1 is 1.30 bits per heavy atom. The molecule has 0 amide bonds. The minimum atomic E-state index is 0.0593. The van der Waals surface area contributed by atoms with E-state index in [1.165, 1.54) is 24.8 Å². The fraction of sp³-hybridized carbons (Fsp3) is 0.647. The van der Waals surface area contributed by atoms with Gasteiger partial charge >= 0.3 is 0 Å². The van der Waals surface area contributed by atoms with Gasteiger partial charge in [0.1, 0.15) is 0 Å². The Balaban J connectivity index is 1.91. The summed E-state index contributed by atoms with van der Waals surface area (Å²) >= 11 is 0. The maximum atomic E-state index is 6.12. The second kappa shape index (κ2) is 6.59. The van der Waals surface area contributed by atoms with E-state index in [1.807, 2.05) is 12.1 Å². The average Bonchev–Trinajstić information content (AvgIpc) is 2.72. The second-order valence-corrected chi connectivity index (χ2v) is 6.51. The van der Waals surface area contributed by atoms with Crippen molar-refractivity contribution >= 4 is 5.69 Å². The van der Waals surface area contributed by atoms with Gasteiger partial charge in [0.2, 0.25) is 0 Å². The summed E-state index contributed by atoms with van der Waals surface area (Å²) in [6.45, 7) is 9.74. The predicted octanol–water partition coefficient (Wildman–Crippen LogP) is 3.44. The van der Waals surface area contributed by atoms with Crippen LogP contribution in [0.5, 0.6) is 0 Å². The zero-order chi connectivity index (χ0) is 14.6. The number of nitrogens with zero attached hydrogens (tertiary/aromatic N) is 1. The Morgan fingerprint density at radius 3 is 2.55 bits per heavy atom. The lowest BCUT2D eigenvalue weighted by atomic mass is 10.1. The maximum absolute atomic E-state index is 6.12. The van der Waals surface area contributed by atoms with Crippen molar-refractivity contribution in [1.29, 1.82) is 0 Å². The van der Waals surface area contributed by atoms with E-state index in [-0.39, 0.29) is 5.60 Å². The summed E-state index contributed by atoms with van der Waals surface area (Å²) in [4.78, 5) is 2.50. The number of hydrogen-bond acceptors (Lipinski definition) is 3. The Bertz CT molecular complexity index is 414. The molecule has 0 aromatic heterocycles. The van der Waals surface area contributed by atoms with Crippen LogP contribution in [0.2, 0.25) is 0 Å². The van der Waals surface area contributed by atoms with Crippen LogP contribution in [0.15, 0.2) is 24.3 Å². The highest BCUT2D eigenvalue weighted by molar-refractivity contribution is 5.39. The molecular formula is C17H28N2O. The van der Waals surface area contributed by atoms with Crippen LogP contribution in [0, 0.1) is 0 Å². The van der Waals surface area contributed by atoms with Gasteiger partial charge in [-0.25, -0.2) is 0 Å². The van der Waals surface area contributed by atoms with Gasteiger partial charge in [0.05, 0.1) is 11.7 Å². The molecular weight excluding hydrogens is 248 g/mol. The van der Waals surface area contributed by atoms with Crippen molar-refractivity contribution in [3.05, 3.63) is 29.8 Å². The van der Waals surface area contributed by atoms with Crippen molar-refractivity contribution < 1.29 is 4.74 Å². The van der Waals surface area contributed by atoms with Gasteiger partial charge in [-0.2, -0.15) is 0 Å². The lowest BCUT2D eigenvalue weighted by Crippen LogP contribution is -2.34. The summed E-state index contributed by atoms with van der Waals surface area (Å²) in [5.41, 5.74) is 7.96. The van der Waals surface area contributed by atoms with Gasteiger partial charge in [-0.3, -0.25) is 4.90 Å². The molecule has 1 saturated heterocycles. The number of benzene rings is 1. The van der Waals surface area contributed by atoms with E-state index in [9.17, 15) is 0 Å². The smallest absolute Gasteiger partial charge is 0.0710 e. The van der Waals surface area contributed by atoms with Gasteiger partial charge in [-0.1, -0.05) is 19.1 Å². The Hall–Kier alpha value is -1.06. The standard InChI is InChI=1S/C17H28N2O/c1-4-11-19(12-14-5-7-15(18)8-6-14)13-16-9-10-17(2,3)20-16/h5-8,16H,4,9-13,18H2,1-3H3. The number of nitrogens with two attached hydrogens (primary N) is 1. The molecule has 1 atom stereocenters. The third-order valence-electron chi connectivity index (χ3n) is 3.94. The normalized spacial score (nSPS) is 21.5. The van der Waals surface area contributed by atoms with Crippen LogP contribution in [0.25, 0.3) is 0 Å². The molecule has 112 valence electrons. The summed E-state index contributed by atoms with van der Waals surface area (Å²) in [7, 11) is 0. The largest absolute Gasteiger partial charge is 0.399 e. The van der Waals surface area contributed by atoms with Crippen LogP contribution in [-0.4, -0.2) is 29.7 Å². The molecule has 0 spiro atoms. The molecule has 0 radical (unpaired) electrons. The van der Waals surface area contributed by atoms with Gasteiger partial charge < -0.3 is 10.5 Å². The van der Waals surface area contributed by atoms with Gasteiger partial charge in [0, 0.05) is 18.8 Å². The van der Waals surface area contributed by atoms with E-state index in [0.29, 0.717) is 6.10 Å². The van der Waals surface area contributed by atoms with Gasteiger partial charge in [-0.15, -0.1) is 0 Å². The highest BCUT2D eigenvalue weighted by Gasteiger charge is 2.32. The Kier molecular flexibility index (Phi) is 5.06. The minimum Gasteiger partial charge on any atom is -0.399 e. The summed E-state index contributed by atoms with van der Waals surface area (Å²) < 4.78 is 6.12. The number of rotatable bonds is 6. The third-order valence-corrected chi connectivity index (χ3v) is 3.94. The number of nitrogen functional groups attached to an aromatic ring is 1. The first-order chi connectivity index (χ1) is 9.48. The summed E-state index contributed by atoms with van der Waals surface area (Å²) in [5.74, 6) is 0. The highest BCUT2D eigenvalue weighted by Crippen LogP contribution is 2.30. The average molecular weight is 276 g/mol. The van der Waals surface area contributed by atoms with E-state index in [1.54, 1.807) is 0 Å². The lowest BCUT2D eigenvalue weighted by molar-refractivity contribution is -0.0295. The topological polar surface area (TPSA) is 38.5 Å². The zero-order valence-electron chi connectivity index (χ0n) is 13.1. The number of anilines is 1. The summed E-state index contributed by atoms with van der Waals surface area (Å²) in [6.07, 6.45) is 3.89. The molecule has 1 unspecified atom stereocenters. The molecule has 2 rings (SSSR count). The van der Waals surface area contributed by atoms with Crippen molar-refractivity contribution in [2.24, 2.45) is 0 Å². The van der Waals surface area contributed by atoms with Crippen molar-refractivity contribution in [3.63, 3.8) is 0 Å². The van der Waals surface area contributed by atoms with Crippen LogP contribution >= 0.6 is 0 Å². The predicted molar refractivity (Wildman–Crippen MR) is 84.6 cm³/mol. The fourth-order valence-corrected chi connectivity index (χ4v) is 2.93. The highest BCUT2D eigenvalue weighted by atomic mass is 16.5. The first-order valence-corrected chi connectivity index (χ1v) is 7.73. The molecule has 1 heterocycles. The van der Waals surface area contributed by atoms with Crippen molar-refractivity contribution in [2.45, 2.75) is 58.3 Å². The van der Waals surface area contributed by atoms with E-state index in [4.69, 9.17) is 10.5 Å². The molecule has 3 heteroatoms. The number of ether oxygens (including phenoxy) is 1. The van der Waals surface area contributed by atoms with E-state index in [2.05, 4.69) is 37.8 Å². The molecule has 0 saturated carbocycles. The molecule has 1 fully saturated rings. The van der Waals surface area contributed by atoms with E-state index in [0.717, 1.165) is 25.3 Å². The SMILES string of the molecule is CCCN(Cc1ccc(N)cc1)CC1CCC(C)(C)O1. The second-order valence-electron chi connectivity index (χ2n) is 6.51. The monoisotopic (exact) mass is 276 g/mol. The summed E-state index contributed by atoms with van der Waals surface area (Å²) in [6, 6.07) is 8.21. The molecule has 0 aliphatic carbocycles. The Labute approximate surface area is 123 Å². The molecule has 2 N–H and O–H groups in total. The van der Waals surface area contributed by atoms with E-state index >= 15 is 0 Å². The molecule has 1 aliphatic heterocycles. The summed E-state index contributed by atoms with van der Waals surface area (Å²) in [5, 5.41) is 0. The molecule has 1 aromatic rings. The van der Waals surface area contributed by atoms with Crippen LogP contribution in [0.3, 0.4) is 0 Å². The molecule has 0 bridgehead atoms.